The van der Waals surface area contributed by atoms with Gasteiger partial charge in [-0.3, -0.25) is 0 Å². The lowest BCUT2D eigenvalue weighted by Gasteiger charge is -2.23. The predicted octanol–water partition coefficient (Wildman–Crippen LogP) is 3.78. The van der Waals surface area contributed by atoms with Crippen molar-refractivity contribution in [2.45, 2.75) is 52.7 Å². The van der Waals surface area contributed by atoms with Gasteiger partial charge in [0.05, 0.1) is 16.8 Å². The zero-order valence-electron chi connectivity index (χ0n) is 15.5. The van der Waals surface area contributed by atoms with Crippen LogP contribution in [0.2, 0.25) is 0 Å². The number of rotatable bonds is 3. The Labute approximate surface area is 147 Å². The van der Waals surface area contributed by atoms with Gasteiger partial charge in [0.15, 0.2) is 0 Å². The number of ether oxygens (including phenoxy) is 2. The lowest BCUT2D eigenvalue weighted by Crippen LogP contribution is -2.27. The SMILES string of the molecule is CC(C)(C)OC(=O)c1cccc(C(=O)OC(C)(C)C)c1-n1cccn1. The van der Waals surface area contributed by atoms with Crippen molar-refractivity contribution in [2.75, 3.05) is 0 Å². The molecule has 0 aliphatic carbocycles. The second kappa shape index (κ2) is 6.70. The van der Waals surface area contributed by atoms with Gasteiger partial charge >= 0.3 is 11.9 Å². The van der Waals surface area contributed by atoms with Crippen LogP contribution < -0.4 is 0 Å². The summed E-state index contributed by atoms with van der Waals surface area (Å²) in [5.41, 5.74) is -0.458. The molecule has 0 fully saturated rings. The lowest BCUT2D eigenvalue weighted by molar-refractivity contribution is 0.00676. The zero-order valence-corrected chi connectivity index (χ0v) is 15.5. The molecular weight excluding hydrogens is 320 g/mol. The van der Waals surface area contributed by atoms with E-state index in [4.69, 9.17) is 9.47 Å². The highest BCUT2D eigenvalue weighted by Gasteiger charge is 2.27. The number of benzene rings is 1. The predicted molar refractivity (Wildman–Crippen MR) is 93.9 cm³/mol. The second-order valence-corrected chi connectivity index (χ2v) is 7.66. The number of hydrogen-bond donors (Lipinski definition) is 0. The first-order chi connectivity index (χ1) is 11.5. The molecule has 6 nitrogen and oxygen atoms in total. The van der Waals surface area contributed by atoms with Gasteiger partial charge < -0.3 is 9.47 Å². The molecule has 1 aromatic carbocycles. The summed E-state index contributed by atoms with van der Waals surface area (Å²) >= 11 is 0. The van der Waals surface area contributed by atoms with E-state index >= 15 is 0 Å². The molecule has 0 amide bonds. The van der Waals surface area contributed by atoms with E-state index in [0.717, 1.165) is 0 Å². The fraction of sp³-hybridized carbons (Fsp3) is 0.421. The van der Waals surface area contributed by atoms with E-state index in [-0.39, 0.29) is 11.1 Å². The topological polar surface area (TPSA) is 70.4 Å². The van der Waals surface area contributed by atoms with E-state index in [1.54, 1.807) is 78.2 Å². The van der Waals surface area contributed by atoms with Gasteiger partial charge in [-0.1, -0.05) is 6.07 Å². The Balaban J connectivity index is 2.56. The molecule has 0 spiro atoms. The molecule has 0 saturated heterocycles. The molecule has 0 unspecified atom stereocenters. The van der Waals surface area contributed by atoms with Gasteiger partial charge in [-0.05, 0) is 59.7 Å². The smallest absolute Gasteiger partial charge is 0.340 e. The second-order valence-electron chi connectivity index (χ2n) is 7.66. The zero-order chi connectivity index (χ0) is 18.8. The third kappa shape index (κ3) is 4.92. The van der Waals surface area contributed by atoms with Crippen LogP contribution in [0.3, 0.4) is 0 Å². The van der Waals surface area contributed by atoms with Gasteiger partial charge in [-0.15, -0.1) is 0 Å². The summed E-state index contributed by atoms with van der Waals surface area (Å²) in [4.78, 5) is 25.2. The third-order valence-corrected chi connectivity index (χ3v) is 3.01. The first-order valence-corrected chi connectivity index (χ1v) is 8.08. The van der Waals surface area contributed by atoms with Gasteiger partial charge in [-0.25, -0.2) is 14.3 Å². The van der Waals surface area contributed by atoms with Crippen molar-refractivity contribution in [3.05, 3.63) is 47.8 Å². The number of aromatic nitrogens is 2. The van der Waals surface area contributed by atoms with E-state index in [9.17, 15) is 9.59 Å². The molecule has 0 saturated carbocycles. The molecule has 0 aliphatic rings. The molecule has 1 aromatic heterocycles. The van der Waals surface area contributed by atoms with Gasteiger partial charge in [-0.2, -0.15) is 5.10 Å². The molecule has 0 atom stereocenters. The Hall–Kier alpha value is -2.63. The number of para-hydroxylation sites is 1. The van der Waals surface area contributed by atoms with Crippen molar-refractivity contribution >= 4 is 11.9 Å². The van der Waals surface area contributed by atoms with E-state index in [1.807, 2.05) is 0 Å². The van der Waals surface area contributed by atoms with Crippen LogP contribution in [0.1, 0.15) is 62.3 Å². The summed E-state index contributed by atoms with van der Waals surface area (Å²) < 4.78 is 12.4. The quantitative estimate of drug-likeness (QED) is 0.793. The first kappa shape index (κ1) is 18.7. The summed E-state index contributed by atoms with van der Waals surface area (Å²) in [5.74, 6) is -1.05. The minimum atomic E-state index is -0.652. The van der Waals surface area contributed by atoms with E-state index in [1.165, 1.54) is 4.68 Å². The average Bonchev–Trinajstić information content (AvgIpc) is 2.96. The van der Waals surface area contributed by atoms with Gasteiger partial charge in [0.1, 0.15) is 11.2 Å². The van der Waals surface area contributed by atoms with Crippen molar-refractivity contribution < 1.29 is 19.1 Å². The number of nitrogens with zero attached hydrogens (tertiary/aromatic N) is 2. The van der Waals surface area contributed by atoms with Gasteiger partial charge in [0.2, 0.25) is 0 Å². The van der Waals surface area contributed by atoms with Crippen LogP contribution >= 0.6 is 0 Å². The molecule has 2 rings (SSSR count). The fourth-order valence-electron chi connectivity index (χ4n) is 2.19. The number of carbonyl (C=O) groups excluding carboxylic acids is 2. The molecular formula is C19H24N2O4. The Morgan fingerprint density at radius 2 is 1.36 bits per heavy atom. The van der Waals surface area contributed by atoms with Crippen molar-refractivity contribution in [1.29, 1.82) is 0 Å². The number of esters is 2. The average molecular weight is 344 g/mol. The summed E-state index contributed by atoms with van der Waals surface area (Å²) in [6.45, 7) is 10.7. The van der Waals surface area contributed by atoms with Gasteiger partial charge in [0.25, 0.3) is 0 Å². The maximum Gasteiger partial charge on any atom is 0.340 e. The van der Waals surface area contributed by atoms with E-state index < -0.39 is 23.1 Å². The van der Waals surface area contributed by atoms with Crippen LogP contribution in [0.5, 0.6) is 0 Å². The van der Waals surface area contributed by atoms with Crippen LogP contribution in [0.4, 0.5) is 0 Å². The summed E-state index contributed by atoms with van der Waals surface area (Å²) in [7, 11) is 0. The third-order valence-electron chi connectivity index (χ3n) is 3.01. The number of hydrogen-bond acceptors (Lipinski definition) is 5. The molecule has 0 bridgehead atoms. The Bertz CT molecular complexity index is 719. The summed E-state index contributed by atoms with van der Waals surface area (Å²) in [5, 5.41) is 4.17. The summed E-state index contributed by atoms with van der Waals surface area (Å²) in [6, 6.07) is 6.56. The van der Waals surface area contributed by atoms with Crippen molar-refractivity contribution in [1.82, 2.24) is 9.78 Å². The van der Waals surface area contributed by atoms with Crippen molar-refractivity contribution in [2.24, 2.45) is 0 Å². The Morgan fingerprint density at radius 3 is 1.72 bits per heavy atom. The maximum atomic E-state index is 12.6. The maximum absolute atomic E-state index is 12.6. The molecule has 25 heavy (non-hydrogen) atoms. The normalized spacial score (nSPS) is 11.9. The minimum Gasteiger partial charge on any atom is -0.456 e. The molecule has 6 heteroatoms. The van der Waals surface area contributed by atoms with Crippen LogP contribution in [0, 0.1) is 0 Å². The number of carbonyl (C=O) groups is 2. The van der Waals surface area contributed by atoms with Gasteiger partial charge in [0, 0.05) is 12.4 Å². The van der Waals surface area contributed by atoms with Crippen LogP contribution in [-0.4, -0.2) is 32.9 Å². The van der Waals surface area contributed by atoms with Crippen LogP contribution in [-0.2, 0) is 9.47 Å². The Morgan fingerprint density at radius 1 is 0.880 bits per heavy atom. The molecule has 0 N–H and O–H groups in total. The van der Waals surface area contributed by atoms with Crippen molar-refractivity contribution in [3.8, 4) is 5.69 Å². The Kier molecular flexibility index (Phi) is 5.02. The lowest BCUT2D eigenvalue weighted by atomic mass is 10.1. The highest BCUT2D eigenvalue weighted by Crippen LogP contribution is 2.24. The van der Waals surface area contributed by atoms with Crippen LogP contribution in [0.25, 0.3) is 5.69 Å². The monoisotopic (exact) mass is 344 g/mol. The standard InChI is InChI=1S/C19H24N2O4/c1-18(2,3)24-16(22)13-9-7-10-14(17(23)25-19(4,5)6)15(13)21-12-8-11-20-21/h7-12H,1-6H3. The molecule has 1 heterocycles. The molecule has 0 radical (unpaired) electrons. The largest absolute Gasteiger partial charge is 0.456 e. The minimum absolute atomic E-state index is 0.252. The summed E-state index contributed by atoms with van der Waals surface area (Å²) in [6.07, 6.45) is 3.24. The van der Waals surface area contributed by atoms with Crippen LogP contribution in [0.15, 0.2) is 36.7 Å². The molecule has 0 aliphatic heterocycles. The molecule has 134 valence electrons. The highest BCUT2D eigenvalue weighted by molar-refractivity contribution is 6.01. The van der Waals surface area contributed by atoms with Crippen molar-refractivity contribution in [3.63, 3.8) is 0 Å². The first-order valence-electron chi connectivity index (χ1n) is 8.08. The van der Waals surface area contributed by atoms with E-state index in [0.29, 0.717) is 5.69 Å². The highest BCUT2D eigenvalue weighted by atomic mass is 16.6. The fourth-order valence-corrected chi connectivity index (χ4v) is 2.19. The molecule has 2 aromatic rings. The van der Waals surface area contributed by atoms with E-state index in [2.05, 4.69) is 5.10 Å².